The van der Waals surface area contributed by atoms with Gasteiger partial charge >= 0.3 is 6.09 Å². The molecule has 0 aromatic heterocycles. The Kier molecular flexibility index (Phi) is 4.60. The first kappa shape index (κ1) is 18.2. The summed E-state index contributed by atoms with van der Waals surface area (Å²) in [5, 5.41) is 5.43. The van der Waals surface area contributed by atoms with E-state index in [1.807, 2.05) is 0 Å². The van der Waals surface area contributed by atoms with Gasteiger partial charge in [-0.05, 0) is 38.5 Å². The monoisotopic (exact) mass is 363 g/mol. The maximum Gasteiger partial charge on any atom is 0.410 e. The van der Waals surface area contributed by atoms with Gasteiger partial charge < -0.3 is 20.3 Å². The Morgan fingerprint density at radius 3 is 2.65 bits per heavy atom. The minimum atomic E-state index is -0.671. The average molecular weight is 363 g/mol. The third-order valence-electron chi connectivity index (χ3n) is 4.25. The van der Waals surface area contributed by atoms with Gasteiger partial charge in [-0.3, -0.25) is 9.59 Å². The van der Waals surface area contributed by atoms with Crippen molar-refractivity contribution in [2.75, 3.05) is 18.4 Å². The van der Waals surface area contributed by atoms with Crippen LogP contribution in [-0.2, 0) is 14.3 Å². The normalized spacial score (nSPS) is 19.9. The summed E-state index contributed by atoms with van der Waals surface area (Å²) < 4.78 is 18.6. The molecule has 1 saturated heterocycles. The highest BCUT2D eigenvalue weighted by atomic mass is 19.1. The Morgan fingerprint density at radius 2 is 2.00 bits per heavy atom. The number of carbonyl (C=O) groups excluding carboxylic acids is 3. The number of benzene rings is 1. The van der Waals surface area contributed by atoms with Crippen molar-refractivity contribution in [1.29, 1.82) is 0 Å². The zero-order valence-corrected chi connectivity index (χ0v) is 15.0. The molecule has 0 saturated carbocycles. The van der Waals surface area contributed by atoms with Crippen molar-refractivity contribution in [3.05, 3.63) is 29.6 Å². The highest BCUT2D eigenvalue weighted by Crippen LogP contribution is 2.33. The summed E-state index contributed by atoms with van der Waals surface area (Å²) in [6.45, 7) is 6.08. The van der Waals surface area contributed by atoms with Crippen LogP contribution < -0.4 is 10.6 Å². The molecule has 2 heterocycles. The van der Waals surface area contributed by atoms with E-state index < -0.39 is 23.4 Å². The van der Waals surface area contributed by atoms with Crippen molar-refractivity contribution in [3.8, 4) is 0 Å². The largest absolute Gasteiger partial charge is 0.444 e. The van der Waals surface area contributed by atoms with Crippen molar-refractivity contribution in [3.63, 3.8) is 0 Å². The van der Waals surface area contributed by atoms with Gasteiger partial charge in [-0.15, -0.1) is 0 Å². The van der Waals surface area contributed by atoms with Crippen molar-refractivity contribution in [1.82, 2.24) is 10.2 Å². The molecule has 1 atom stereocenters. The smallest absolute Gasteiger partial charge is 0.410 e. The molecule has 3 amide bonds. The third-order valence-corrected chi connectivity index (χ3v) is 4.25. The first-order valence-corrected chi connectivity index (χ1v) is 8.50. The third kappa shape index (κ3) is 3.95. The van der Waals surface area contributed by atoms with Crippen molar-refractivity contribution < 1.29 is 23.5 Å². The highest BCUT2D eigenvalue weighted by Gasteiger charge is 2.37. The molecule has 1 aromatic carbocycles. The van der Waals surface area contributed by atoms with Crippen molar-refractivity contribution in [2.45, 2.75) is 44.8 Å². The van der Waals surface area contributed by atoms with Gasteiger partial charge in [0.15, 0.2) is 0 Å². The summed E-state index contributed by atoms with van der Waals surface area (Å²) in [6, 6.07) is 3.80. The molecule has 8 heteroatoms. The molecule has 140 valence electrons. The van der Waals surface area contributed by atoms with Gasteiger partial charge in [0.1, 0.15) is 11.4 Å². The molecule has 0 radical (unpaired) electrons. The number of amides is 3. The Morgan fingerprint density at radius 1 is 1.31 bits per heavy atom. The lowest BCUT2D eigenvalue weighted by atomic mass is 9.89. The lowest BCUT2D eigenvalue weighted by molar-refractivity contribution is -0.127. The first-order chi connectivity index (χ1) is 12.1. The highest BCUT2D eigenvalue weighted by molar-refractivity contribution is 6.01. The molecule has 1 aromatic rings. The van der Waals surface area contributed by atoms with Crippen LogP contribution in [0.25, 0.3) is 0 Å². The lowest BCUT2D eigenvalue weighted by Crippen LogP contribution is -2.62. The number of nitrogens with one attached hydrogen (secondary N) is 2. The molecular formula is C18H22FN3O4. The Balaban J connectivity index is 1.59. The molecule has 2 aliphatic rings. The number of halogens is 1. The van der Waals surface area contributed by atoms with Gasteiger partial charge in [0.05, 0.1) is 12.0 Å². The van der Waals surface area contributed by atoms with Gasteiger partial charge in [0.25, 0.3) is 0 Å². The SMILES string of the molecule is CC(C)(C)OC(=O)N1CC(NC(=O)[C@H]2CC(=O)Nc3cc(F)ccc32)C1. The van der Waals surface area contributed by atoms with Crippen LogP contribution in [0.2, 0.25) is 0 Å². The van der Waals surface area contributed by atoms with E-state index in [9.17, 15) is 18.8 Å². The molecule has 2 aliphatic heterocycles. The molecule has 0 aliphatic carbocycles. The van der Waals surface area contributed by atoms with E-state index in [4.69, 9.17) is 4.74 Å². The molecule has 2 N–H and O–H groups in total. The van der Waals surface area contributed by atoms with Crippen LogP contribution in [0.5, 0.6) is 0 Å². The number of ether oxygens (including phenoxy) is 1. The zero-order chi connectivity index (χ0) is 19.1. The fourth-order valence-corrected chi connectivity index (χ4v) is 3.02. The van der Waals surface area contributed by atoms with E-state index in [0.717, 1.165) is 0 Å². The number of hydrogen-bond donors (Lipinski definition) is 2. The average Bonchev–Trinajstić information content (AvgIpc) is 2.46. The van der Waals surface area contributed by atoms with Gasteiger partial charge in [-0.25, -0.2) is 9.18 Å². The fourth-order valence-electron chi connectivity index (χ4n) is 3.02. The van der Waals surface area contributed by atoms with E-state index in [1.165, 1.54) is 23.1 Å². The maximum absolute atomic E-state index is 13.4. The van der Waals surface area contributed by atoms with Crippen LogP contribution in [0.4, 0.5) is 14.9 Å². The topological polar surface area (TPSA) is 87.7 Å². The number of hydrogen-bond acceptors (Lipinski definition) is 4. The second-order valence-corrected chi connectivity index (χ2v) is 7.63. The van der Waals surface area contributed by atoms with E-state index in [-0.39, 0.29) is 24.3 Å². The van der Waals surface area contributed by atoms with Crippen LogP contribution in [0.1, 0.15) is 38.7 Å². The van der Waals surface area contributed by atoms with E-state index in [1.54, 1.807) is 20.8 Å². The molecule has 3 rings (SSSR count). The van der Waals surface area contributed by atoms with E-state index >= 15 is 0 Å². The van der Waals surface area contributed by atoms with Gasteiger partial charge in [0, 0.05) is 25.2 Å². The molecule has 7 nitrogen and oxygen atoms in total. The Labute approximate surface area is 150 Å². The number of nitrogens with zero attached hydrogens (tertiary/aromatic N) is 1. The van der Waals surface area contributed by atoms with Crippen LogP contribution in [-0.4, -0.2) is 47.5 Å². The number of fused-ring (bicyclic) bond motifs is 1. The second kappa shape index (κ2) is 6.59. The molecule has 0 spiro atoms. The Bertz CT molecular complexity index is 753. The summed E-state index contributed by atoms with van der Waals surface area (Å²) >= 11 is 0. The predicted molar refractivity (Wildman–Crippen MR) is 92.1 cm³/mol. The molecule has 1 fully saturated rings. The number of carbonyl (C=O) groups is 3. The van der Waals surface area contributed by atoms with Crippen molar-refractivity contribution in [2.24, 2.45) is 0 Å². The quantitative estimate of drug-likeness (QED) is 0.841. The van der Waals surface area contributed by atoms with Crippen LogP contribution in [0, 0.1) is 5.82 Å². The number of rotatable bonds is 2. The predicted octanol–water partition coefficient (Wildman–Crippen LogP) is 1.99. The molecule has 0 bridgehead atoms. The van der Waals surface area contributed by atoms with Gasteiger partial charge in [-0.2, -0.15) is 0 Å². The molecular weight excluding hydrogens is 341 g/mol. The summed E-state index contributed by atoms with van der Waals surface area (Å²) in [5.41, 5.74) is 0.345. The zero-order valence-electron chi connectivity index (χ0n) is 15.0. The number of anilines is 1. The van der Waals surface area contributed by atoms with Gasteiger partial charge in [0.2, 0.25) is 11.8 Å². The standard InChI is InChI=1S/C18H22FN3O4/c1-18(2,3)26-17(25)22-8-11(9-22)20-16(24)13-7-15(23)21-14-6-10(19)4-5-12(13)14/h4-6,11,13H,7-9H2,1-3H3,(H,20,24)(H,21,23)/t13-/m0/s1. The number of likely N-dealkylation sites (tertiary alicyclic amines) is 1. The molecule has 0 unspecified atom stereocenters. The fraction of sp³-hybridized carbons (Fsp3) is 0.500. The van der Waals surface area contributed by atoms with E-state index in [2.05, 4.69) is 10.6 Å². The van der Waals surface area contributed by atoms with E-state index in [0.29, 0.717) is 24.3 Å². The summed E-state index contributed by atoms with van der Waals surface area (Å²) in [6.07, 6.45) is -0.409. The van der Waals surface area contributed by atoms with Crippen LogP contribution in [0.3, 0.4) is 0 Å². The van der Waals surface area contributed by atoms with Crippen molar-refractivity contribution >= 4 is 23.6 Å². The Hall–Kier alpha value is -2.64. The minimum Gasteiger partial charge on any atom is -0.444 e. The summed E-state index contributed by atoms with van der Waals surface area (Å²) in [5.74, 6) is -1.78. The molecule has 26 heavy (non-hydrogen) atoms. The van der Waals surface area contributed by atoms with Crippen LogP contribution in [0.15, 0.2) is 18.2 Å². The summed E-state index contributed by atoms with van der Waals surface area (Å²) in [4.78, 5) is 37.8. The maximum atomic E-state index is 13.4. The van der Waals surface area contributed by atoms with Gasteiger partial charge in [-0.1, -0.05) is 6.07 Å². The summed E-state index contributed by atoms with van der Waals surface area (Å²) in [7, 11) is 0. The lowest BCUT2D eigenvalue weighted by Gasteiger charge is -2.40. The second-order valence-electron chi connectivity index (χ2n) is 7.63. The first-order valence-electron chi connectivity index (χ1n) is 8.50. The minimum absolute atomic E-state index is 0.00691. The van der Waals surface area contributed by atoms with Crippen LogP contribution >= 0.6 is 0 Å².